The van der Waals surface area contributed by atoms with Gasteiger partial charge < -0.3 is 14.8 Å². The highest BCUT2D eigenvalue weighted by Gasteiger charge is 2.21. The number of rotatable bonds is 7. The van der Waals surface area contributed by atoms with Crippen LogP contribution in [0.5, 0.6) is 5.75 Å². The summed E-state index contributed by atoms with van der Waals surface area (Å²) in [7, 11) is 1.71. The number of methoxy groups -OCH3 is 1. The van der Waals surface area contributed by atoms with Crippen LogP contribution in [0.3, 0.4) is 0 Å². The van der Waals surface area contributed by atoms with Crippen LogP contribution in [0.25, 0.3) is 0 Å². The van der Waals surface area contributed by atoms with Crippen LogP contribution in [0, 0.1) is 5.92 Å². The predicted octanol–water partition coefficient (Wildman–Crippen LogP) is 4.03. The third-order valence-electron chi connectivity index (χ3n) is 3.99. The monoisotopic (exact) mass is 311 g/mol. The van der Waals surface area contributed by atoms with Gasteiger partial charge in [0.05, 0.1) is 17.7 Å². The largest absolute Gasteiger partial charge is 0.489 e. The zero-order valence-electron chi connectivity index (χ0n) is 13.0. The van der Waals surface area contributed by atoms with Gasteiger partial charge in [0.2, 0.25) is 0 Å². The van der Waals surface area contributed by atoms with E-state index in [0.29, 0.717) is 11.1 Å². The van der Waals surface area contributed by atoms with Gasteiger partial charge in [-0.25, -0.2) is 0 Å². The van der Waals surface area contributed by atoms with E-state index in [1.165, 1.54) is 18.4 Å². The zero-order chi connectivity index (χ0) is 15.1. The summed E-state index contributed by atoms with van der Waals surface area (Å²) < 4.78 is 11.1. The quantitative estimate of drug-likeness (QED) is 0.771. The van der Waals surface area contributed by atoms with E-state index in [-0.39, 0.29) is 0 Å². The average Bonchev–Trinajstić information content (AvgIpc) is 2.46. The lowest BCUT2D eigenvalue weighted by atomic mass is 9.89. The van der Waals surface area contributed by atoms with Gasteiger partial charge in [0.25, 0.3) is 0 Å². The molecule has 2 atom stereocenters. The molecule has 0 bridgehead atoms. The molecule has 1 aliphatic rings. The smallest absolute Gasteiger partial charge is 0.138 e. The van der Waals surface area contributed by atoms with Crippen molar-refractivity contribution in [1.29, 1.82) is 0 Å². The van der Waals surface area contributed by atoms with Crippen molar-refractivity contribution in [3.8, 4) is 5.75 Å². The summed E-state index contributed by atoms with van der Waals surface area (Å²) in [5.74, 6) is 1.57. The fraction of sp³-hybridized carbons (Fsp3) is 0.647. The summed E-state index contributed by atoms with van der Waals surface area (Å²) in [6.45, 7) is 4.65. The van der Waals surface area contributed by atoms with E-state index in [4.69, 9.17) is 21.1 Å². The Morgan fingerprint density at radius 3 is 2.90 bits per heavy atom. The highest BCUT2D eigenvalue weighted by atomic mass is 35.5. The van der Waals surface area contributed by atoms with Crippen LogP contribution >= 0.6 is 11.6 Å². The maximum absolute atomic E-state index is 6.35. The molecule has 0 aliphatic heterocycles. The number of nitrogens with one attached hydrogen (secondary N) is 1. The molecule has 21 heavy (non-hydrogen) atoms. The fourth-order valence-corrected chi connectivity index (χ4v) is 3.07. The van der Waals surface area contributed by atoms with Crippen LogP contribution in [-0.2, 0) is 11.3 Å². The van der Waals surface area contributed by atoms with Crippen LogP contribution in [-0.4, -0.2) is 26.4 Å². The van der Waals surface area contributed by atoms with Crippen molar-refractivity contribution < 1.29 is 9.47 Å². The van der Waals surface area contributed by atoms with E-state index in [1.807, 2.05) is 12.1 Å². The predicted molar refractivity (Wildman–Crippen MR) is 87.1 cm³/mol. The molecule has 1 N–H and O–H groups in total. The Hall–Kier alpha value is -0.770. The normalized spacial score (nSPS) is 22.2. The third kappa shape index (κ3) is 5.50. The summed E-state index contributed by atoms with van der Waals surface area (Å²) in [6, 6.07) is 6.06. The first-order valence-electron chi connectivity index (χ1n) is 7.83. The molecule has 1 aliphatic carbocycles. The molecule has 1 fully saturated rings. The highest BCUT2D eigenvalue weighted by Crippen LogP contribution is 2.31. The lowest BCUT2D eigenvalue weighted by Crippen LogP contribution is -2.24. The highest BCUT2D eigenvalue weighted by molar-refractivity contribution is 6.32. The van der Waals surface area contributed by atoms with Crippen LogP contribution < -0.4 is 10.1 Å². The fourth-order valence-electron chi connectivity index (χ4n) is 2.82. The van der Waals surface area contributed by atoms with Crippen molar-refractivity contribution in [1.82, 2.24) is 5.32 Å². The minimum atomic E-state index is 0.317. The molecule has 0 radical (unpaired) electrons. The lowest BCUT2D eigenvalue weighted by molar-refractivity contribution is 0.129. The minimum absolute atomic E-state index is 0.317. The topological polar surface area (TPSA) is 30.5 Å². The molecule has 1 aromatic carbocycles. The van der Waals surface area contributed by atoms with Gasteiger partial charge in [-0.2, -0.15) is 0 Å². The summed E-state index contributed by atoms with van der Waals surface area (Å²) in [5.41, 5.74) is 1.17. The second kappa shape index (κ2) is 8.62. The van der Waals surface area contributed by atoms with Crippen molar-refractivity contribution >= 4 is 11.6 Å². The van der Waals surface area contributed by atoms with Crippen LogP contribution in [0.2, 0.25) is 5.02 Å². The molecule has 1 saturated carbocycles. The standard InChI is InChI=1S/C17H26ClNO2/c1-13-4-3-5-15(10-13)21-17-7-6-14(11-16(17)18)12-19-8-9-20-2/h6-7,11,13,15,19H,3-5,8-10,12H2,1-2H3. The SMILES string of the molecule is COCCNCc1ccc(OC2CCCC(C)C2)c(Cl)c1. The first-order chi connectivity index (χ1) is 10.2. The number of benzene rings is 1. The second-order valence-corrected chi connectivity index (χ2v) is 6.35. The van der Waals surface area contributed by atoms with Gasteiger partial charge in [0, 0.05) is 20.2 Å². The zero-order valence-corrected chi connectivity index (χ0v) is 13.8. The van der Waals surface area contributed by atoms with Crippen molar-refractivity contribution in [2.75, 3.05) is 20.3 Å². The Bertz CT molecular complexity index is 439. The Morgan fingerprint density at radius 1 is 1.33 bits per heavy atom. The van der Waals surface area contributed by atoms with Gasteiger partial charge >= 0.3 is 0 Å². The summed E-state index contributed by atoms with van der Waals surface area (Å²) in [6.07, 6.45) is 5.17. The molecule has 0 spiro atoms. The maximum atomic E-state index is 6.35. The van der Waals surface area contributed by atoms with Crippen molar-refractivity contribution in [2.45, 2.75) is 45.3 Å². The van der Waals surface area contributed by atoms with Gasteiger partial charge in [-0.05, 0) is 42.9 Å². The Kier molecular flexibility index (Phi) is 6.81. The third-order valence-corrected chi connectivity index (χ3v) is 4.29. The van der Waals surface area contributed by atoms with Gasteiger partial charge in [-0.3, -0.25) is 0 Å². The van der Waals surface area contributed by atoms with Gasteiger partial charge in [-0.1, -0.05) is 31.0 Å². The van der Waals surface area contributed by atoms with Crippen molar-refractivity contribution in [2.24, 2.45) is 5.92 Å². The molecule has 3 nitrogen and oxygen atoms in total. The van der Waals surface area contributed by atoms with Gasteiger partial charge in [-0.15, -0.1) is 0 Å². The summed E-state index contributed by atoms with van der Waals surface area (Å²) in [5, 5.41) is 4.02. The lowest BCUT2D eigenvalue weighted by Gasteiger charge is -2.27. The Morgan fingerprint density at radius 2 is 2.19 bits per heavy atom. The van der Waals surface area contributed by atoms with E-state index in [9.17, 15) is 0 Å². The molecule has 0 saturated heterocycles. The number of hydrogen-bond donors (Lipinski definition) is 1. The molecule has 0 amide bonds. The van der Waals surface area contributed by atoms with E-state index in [2.05, 4.69) is 18.3 Å². The summed E-state index contributed by atoms with van der Waals surface area (Å²) in [4.78, 5) is 0. The molecular weight excluding hydrogens is 286 g/mol. The van der Waals surface area contributed by atoms with Crippen molar-refractivity contribution in [3.05, 3.63) is 28.8 Å². The second-order valence-electron chi connectivity index (χ2n) is 5.95. The maximum Gasteiger partial charge on any atom is 0.138 e. The molecule has 4 heteroatoms. The van der Waals surface area contributed by atoms with E-state index < -0.39 is 0 Å². The molecule has 0 aromatic heterocycles. The minimum Gasteiger partial charge on any atom is -0.489 e. The number of hydrogen-bond acceptors (Lipinski definition) is 3. The van der Waals surface area contributed by atoms with Crippen LogP contribution in [0.1, 0.15) is 38.2 Å². The van der Waals surface area contributed by atoms with Gasteiger partial charge in [0.1, 0.15) is 5.75 Å². The van der Waals surface area contributed by atoms with Crippen LogP contribution in [0.15, 0.2) is 18.2 Å². The van der Waals surface area contributed by atoms with E-state index >= 15 is 0 Å². The first kappa shape index (κ1) is 16.6. The van der Waals surface area contributed by atoms with Crippen LogP contribution in [0.4, 0.5) is 0 Å². The first-order valence-corrected chi connectivity index (χ1v) is 8.21. The molecule has 1 aromatic rings. The van der Waals surface area contributed by atoms with Crippen molar-refractivity contribution in [3.63, 3.8) is 0 Å². The van der Waals surface area contributed by atoms with E-state index in [1.54, 1.807) is 7.11 Å². The summed E-state index contributed by atoms with van der Waals surface area (Å²) >= 11 is 6.35. The number of halogens is 1. The molecule has 0 heterocycles. The number of ether oxygens (including phenoxy) is 2. The van der Waals surface area contributed by atoms with Gasteiger partial charge in [0.15, 0.2) is 0 Å². The molecular formula is C17H26ClNO2. The Labute approximate surface area is 133 Å². The average molecular weight is 312 g/mol. The molecule has 2 unspecified atom stereocenters. The molecule has 118 valence electrons. The van der Waals surface area contributed by atoms with E-state index in [0.717, 1.165) is 44.2 Å². The Balaban J connectivity index is 1.86. The molecule has 2 rings (SSSR count).